The highest BCUT2D eigenvalue weighted by atomic mass is 16.7. The molecule has 3 N–H and O–H groups in total. The minimum Gasteiger partial charge on any atom is -0.454 e. The standard InChI is InChI=1S/C21H16N2O3.C15H13NO2/c24-21(18-3-1-2-12-22-18)23-17-9-6-15(7-10-17)4-5-16-8-11-19-20(13-16)26-14-25-19;16-13-6-3-11(4-7-13)1-2-12-5-8-14-15(9-12)18-10-17-14/h1-13H,14H2,(H,23,24);1-9H,10,16H2/b5-4+;2-1+. The van der Waals surface area contributed by atoms with E-state index >= 15 is 0 Å². The predicted octanol–water partition coefficient (Wildman–Crippen LogP) is 7.40. The number of hydrogen-bond donors (Lipinski definition) is 2. The predicted molar refractivity (Wildman–Crippen MR) is 172 cm³/mol. The molecule has 0 spiro atoms. The molecule has 8 heteroatoms. The van der Waals surface area contributed by atoms with Gasteiger partial charge in [-0.15, -0.1) is 0 Å². The Hall–Kier alpha value is -6.02. The first-order valence-corrected chi connectivity index (χ1v) is 13.9. The normalized spacial score (nSPS) is 12.6. The fourth-order valence-corrected chi connectivity index (χ4v) is 4.40. The summed E-state index contributed by atoms with van der Waals surface area (Å²) in [6.45, 7) is 0.578. The number of nitrogens with zero attached hydrogens (tertiary/aromatic N) is 1. The summed E-state index contributed by atoms with van der Waals surface area (Å²) in [5.41, 5.74) is 11.8. The Balaban J connectivity index is 0.000000167. The van der Waals surface area contributed by atoms with Gasteiger partial charge in [0.15, 0.2) is 23.0 Å². The van der Waals surface area contributed by atoms with E-state index in [1.54, 1.807) is 24.4 Å². The van der Waals surface area contributed by atoms with Gasteiger partial charge in [-0.25, -0.2) is 0 Å². The fourth-order valence-electron chi connectivity index (χ4n) is 4.40. The lowest BCUT2D eigenvalue weighted by atomic mass is 10.1. The number of rotatable bonds is 6. The van der Waals surface area contributed by atoms with E-state index < -0.39 is 0 Å². The van der Waals surface area contributed by atoms with Gasteiger partial charge in [0, 0.05) is 17.6 Å². The van der Waals surface area contributed by atoms with Crippen molar-refractivity contribution in [3.8, 4) is 23.0 Å². The van der Waals surface area contributed by atoms with Crippen molar-refractivity contribution in [1.29, 1.82) is 0 Å². The molecule has 0 aliphatic carbocycles. The number of hydrogen-bond acceptors (Lipinski definition) is 7. The summed E-state index contributed by atoms with van der Waals surface area (Å²) in [6.07, 6.45) is 9.68. The van der Waals surface area contributed by atoms with Crippen molar-refractivity contribution in [3.05, 3.63) is 137 Å². The van der Waals surface area contributed by atoms with Crippen LogP contribution in [0.3, 0.4) is 0 Å². The lowest BCUT2D eigenvalue weighted by Gasteiger charge is -2.05. The number of amides is 1. The number of carbonyl (C=O) groups excluding carboxylic acids is 1. The molecule has 44 heavy (non-hydrogen) atoms. The molecule has 218 valence electrons. The zero-order valence-electron chi connectivity index (χ0n) is 23.7. The fraction of sp³-hybridized carbons (Fsp3) is 0.0556. The van der Waals surface area contributed by atoms with Crippen molar-refractivity contribution in [2.45, 2.75) is 0 Å². The molecule has 0 unspecified atom stereocenters. The van der Waals surface area contributed by atoms with Crippen LogP contribution in [-0.4, -0.2) is 24.5 Å². The average molecular weight is 584 g/mol. The number of nitrogens with one attached hydrogen (secondary N) is 1. The van der Waals surface area contributed by atoms with Crippen LogP contribution in [0.1, 0.15) is 32.7 Å². The van der Waals surface area contributed by atoms with Crippen LogP contribution < -0.4 is 30.0 Å². The second-order valence-electron chi connectivity index (χ2n) is 9.85. The van der Waals surface area contributed by atoms with Crippen LogP contribution in [0.5, 0.6) is 23.0 Å². The smallest absolute Gasteiger partial charge is 0.274 e. The number of fused-ring (bicyclic) bond motifs is 2. The molecule has 2 aliphatic heterocycles. The van der Waals surface area contributed by atoms with Crippen LogP contribution in [0, 0.1) is 0 Å². The Labute approximate surface area is 255 Å². The highest BCUT2D eigenvalue weighted by molar-refractivity contribution is 6.02. The van der Waals surface area contributed by atoms with Gasteiger partial charge < -0.3 is 30.0 Å². The summed E-state index contributed by atoms with van der Waals surface area (Å²) < 4.78 is 21.3. The van der Waals surface area contributed by atoms with Gasteiger partial charge in [0.2, 0.25) is 13.6 Å². The third-order valence-electron chi connectivity index (χ3n) is 6.73. The Bertz CT molecular complexity index is 1800. The number of carbonyl (C=O) groups is 1. The first-order valence-electron chi connectivity index (χ1n) is 13.9. The minimum atomic E-state index is -0.228. The van der Waals surface area contributed by atoms with Gasteiger partial charge >= 0.3 is 0 Å². The highest BCUT2D eigenvalue weighted by Gasteiger charge is 2.13. The van der Waals surface area contributed by atoms with E-state index in [0.717, 1.165) is 56.6 Å². The van der Waals surface area contributed by atoms with Crippen LogP contribution in [0.4, 0.5) is 11.4 Å². The third kappa shape index (κ3) is 7.24. The van der Waals surface area contributed by atoms with Crippen LogP contribution in [0.2, 0.25) is 0 Å². The van der Waals surface area contributed by atoms with Crippen LogP contribution in [-0.2, 0) is 0 Å². The molecule has 0 fully saturated rings. The molecule has 7 rings (SSSR count). The van der Waals surface area contributed by atoms with Gasteiger partial charge in [-0.05, 0) is 82.9 Å². The second kappa shape index (κ2) is 13.3. The van der Waals surface area contributed by atoms with Gasteiger partial charge in [0.05, 0.1) is 0 Å². The lowest BCUT2D eigenvalue weighted by Crippen LogP contribution is -2.13. The number of nitrogens with two attached hydrogens (primary N) is 1. The van der Waals surface area contributed by atoms with E-state index in [9.17, 15) is 4.79 Å². The van der Waals surface area contributed by atoms with Gasteiger partial charge in [-0.2, -0.15) is 0 Å². The second-order valence-corrected chi connectivity index (χ2v) is 9.85. The van der Waals surface area contributed by atoms with Crippen molar-refractivity contribution in [3.63, 3.8) is 0 Å². The summed E-state index contributed by atoms with van der Waals surface area (Å²) in [6, 6.07) is 32.3. The van der Waals surface area contributed by atoms with E-state index in [4.69, 9.17) is 24.7 Å². The topological polar surface area (TPSA) is 105 Å². The zero-order valence-corrected chi connectivity index (χ0v) is 23.7. The van der Waals surface area contributed by atoms with Gasteiger partial charge in [0.1, 0.15) is 5.69 Å². The van der Waals surface area contributed by atoms with E-state index in [2.05, 4.69) is 10.3 Å². The Kier molecular flexibility index (Phi) is 8.50. The van der Waals surface area contributed by atoms with Crippen LogP contribution in [0.15, 0.2) is 109 Å². The first kappa shape index (κ1) is 28.1. The SMILES string of the molecule is Nc1ccc(/C=C/c2ccc3c(c2)OCO3)cc1.O=C(Nc1ccc(/C=C/c2ccc3c(c2)OCO3)cc1)c1ccccn1. The zero-order chi connectivity index (χ0) is 30.1. The van der Waals surface area contributed by atoms with Crippen molar-refractivity contribution in [2.75, 3.05) is 24.6 Å². The molecule has 0 bridgehead atoms. The average Bonchev–Trinajstić information content (AvgIpc) is 3.74. The monoisotopic (exact) mass is 583 g/mol. The van der Waals surface area contributed by atoms with Crippen LogP contribution in [0.25, 0.3) is 24.3 Å². The van der Waals surface area contributed by atoms with Crippen molar-refractivity contribution < 1.29 is 23.7 Å². The molecule has 8 nitrogen and oxygen atoms in total. The number of anilines is 2. The van der Waals surface area contributed by atoms with E-state index in [0.29, 0.717) is 12.5 Å². The Morgan fingerprint density at radius 1 is 0.614 bits per heavy atom. The first-order chi connectivity index (χ1) is 21.6. The van der Waals surface area contributed by atoms with E-state index in [1.807, 2.05) is 109 Å². The summed E-state index contributed by atoms with van der Waals surface area (Å²) in [5, 5.41) is 2.83. The maximum Gasteiger partial charge on any atom is 0.274 e. The number of nitrogen functional groups attached to an aromatic ring is 1. The van der Waals surface area contributed by atoms with Gasteiger partial charge in [-0.1, -0.05) is 66.8 Å². The highest BCUT2D eigenvalue weighted by Crippen LogP contribution is 2.34. The largest absolute Gasteiger partial charge is 0.454 e. The molecular weight excluding hydrogens is 554 g/mol. The molecule has 5 aromatic rings. The molecule has 0 radical (unpaired) electrons. The maximum absolute atomic E-state index is 12.1. The minimum absolute atomic E-state index is 0.228. The molecule has 0 saturated heterocycles. The van der Waals surface area contributed by atoms with Crippen LogP contribution >= 0.6 is 0 Å². The number of pyridine rings is 1. The Morgan fingerprint density at radius 2 is 1.11 bits per heavy atom. The molecule has 1 amide bonds. The van der Waals surface area contributed by atoms with Crippen molar-refractivity contribution >= 4 is 41.6 Å². The molecule has 4 aromatic carbocycles. The Morgan fingerprint density at radius 3 is 1.66 bits per heavy atom. The third-order valence-corrected chi connectivity index (χ3v) is 6.73. The number of ether oxygens (including phenoxy) is 4. The van der Waals surface area contributed by atoms with Crippen molar-refractivity contribution in [1.82, 2.24) is 4.98 Å². The summed E-state index contributed by atoms with van der Waals surface area (Å²) in [7, 11) is 0. The van der Waals surface area contributed by atoms with Gasteiger partial charge in [-0.3, -0.25) is 9.78 Å². The van der Waals surface area contributed by atoms with Crippen molar-refractivity contribution in [2.24, 2.45) is 0 Å². The molecule has 1 aromatic heterocycles. The molecular formula is C36H29N3O5. The maximum atomic E-state index is 12.1. The lowest BCUT2D eigenvalue weighted by molar-refractivity contribution is 0.102. The number of benzene rings is 4. The summed E-state index contributed by atoms with van der Waals surface area (Å²) in [5.74, 6) is 2.92. The molecule has 0 atom stereocenters. The number of aromatic nitrogens is 1. The molecule has 0 saturated carbocycles. The quantitative estimate of drug-likeness (QED) is 0.159. The molecule has 3 heterocycles. The summed E-state index contributed by atoms with van der Waals surface area (Å²) in [4.78, 5) is 16.1. The summed E-state index contributed by atoms with van der Waals surface area (Å²) >= 11 is 0. The van der Waals surface area contributed by atoms with E-state index in [1.165, 1.54) is 0 Å². The molecule has 2 aliphatic rings. The van der Waals surface area contributed by atoms with Gasteiger partial charge in [0.25, 0.3) is 5.91 Å². The van der Waals surface area contributed by atoms with E-state index in [-0.39, 0.29) is 12.7 Å².